The lowest BCUT2D eigenvalue weighted by atomic mass is 9.65. The second-order valence-electron chi connectivity index (χ2n) is 8.09. The van der Waals surface area contributed by atoms with Crippen molar-refractivity contribution in [1.82, 2.24) is 4.31 Å². The largest absolute Gasteiger partial charge is 0.478 e. The first-order chi connectivity index (χ1) is 10.5. The van der Waals surface area contributed by atoms with Gasteiger partial charge in [0.25, 0.3) is 0 Å². The van der Waals surface area contributed by atoms with Gasteiger partial charge >= 0.3 is 5.97 Å². The molecule has 2 fully saturated rings. The molecule has 0 unspecified atom stereocenters. The van der Waals surface area contributed by atoms with Gasteiger partial charge in [-0.1, -0.05) is 20.8 Å². The lowest BCUT2D eigenvalue weighted by Gasteiger charge is -2.39. The van der Waals surface area contributed by atoms with E-state index in [0.717, 1.165) is 19.3 Å². The molecule has 2 atom stereocenters. The van der Waals surface area contributed by atoms with Crippen LogP contribution in [0.4, 0.5) is 0 Å². The van der Waals surface area contributed by atoms with Crippen LogP contribution in [0.15, 0.2) is 29.2 Å². The molecule has 0 radical (unpaired) electrons. The van der Waals surface area contributed by atoms with E-state index in [1.165, 1.54) is 24.3 Å². The number of carbonyl (C=O) groups is 1. The first kappa shape index (κ1) is 16.5. The molecule has 126 valence electrons. The van der Waals surface area contributed by atoms with E-state index in [4.69, 9.17) is 5.11 Å². The molecule has 2 bridgehead atoms. The van der Waals surface area contributed by atoms with Crippen LogP contribution in [0.2, 0.25) is 0 Å². The zero-order valence-corrected chi connectivity index (χ0v) is 14.6. The summed E-state index contributed by atoms with van der Waals surface area (Å²) in [6.45, 7) is 7.12. The Balaban J connectivity index is 1.93. The third-order valence-electron chi connectivity index (χ3n) is 5.07. The molecule has 1 aromatic rings. The molecule has 0 spiro atoms. The summed E-state index contributed by atoms with van der Waals surface area (Å²) in [5.41, 5.74) is 0.271. The summed E-state index contributed by atoms with van der Waals surface area (Å²) < 4.78 is 27.6. The summed E-state index contributed by atoms with van der Waals surface area (Å²) in [5.74, 6) is -1.06. The van der Waals surface area contributed by atoms with E-state index < -0.39 is 16.0 Å². The van der Waals surface area contributed by atoms with Gasteiger partial charge < -0.3 is 5.11 Å². The lowest BCUT2D eigenvalue weighted by molar-refractivity contribution is 0.0696. The van der Waals surface area contributed by atoms with Crippen molar-refractivity contribution in [2.24, 2.45) is 10.8 Å². The molecule has 1 aliphatic heterocycles. The Morgan fingerprint density at radius 2 is 1.78 bits per heavy atom. The van der Waals surface area contributed by atoms with E-state index in [1.54, 1.807) is 4.31 Å². The van der Waals surface area contributed by atoms with Gasteiger partial charge in [0.2, 0.25) is 10.0 Å². The molecule has 1 aromatic carbocycles. The predicted molar refractivity (Wildman–Crippen MR) is 86.8 cm³/mol. The molecular weight excluding hydrogens is 314 g/mol. The molecule has 0 aromatic heterocycles. The van der Waals surface area contributed by atoms with E-state index in [1.807, 2.05) is 0 Å². The Morgan fingerprint density at radius 1 is 1.17 bits per heavy atom. The Hall–Kier alpha value is -1.40. The van der Waals surface area contributed by atoms with Crippen molar-refractivity contribution in [3.8, 4) is 0 Å². The van der Waals surface area contributed by atoms with Crippen LogP contribution in [-0.2, 0) is 10.0 Å². The minimum atomic E-state index is -3.58. The van der Waals surface area contributed by atoms with Crippen molar-refractivity contribution in [2.75, 3.05) is 6.54 Å². The van der Waals surface area contributed by atoms with Gasteiger partial charge in [0.05, 0.1) is 10.5 Å². The zero-order valence-electron chi connectivity index (χ0n) is 13.7. The van der Waals surface area contributed by atoms with Gasteiger partial charge in [-0.25, -0.2) is 13.2 Å². The number of rotatable bonds is 3. The van der Waals surface area contributed by atoms with Gasteiger partial charge in [-0.15, -0.1) is 0 Å². The summed E-state index contributed by atoms with van der Waals surface area (Å²) in [5, 5.41) is 8.94. The summed E-state index contributed by atoms with van der Waals surface area (Å²) >= 11 is 0. The summed E-state index contributed by atoms with van der Waals surface area (Å²) in [7, 11) is -3.58. The number of hydrogen-bond donors (Lipinski definition) is 1. The Morgan fingerprint density at radius 3 is 2.35 bits per heavy atom. The molecule has 5 nitrogen and oxygen atoms in total. The molecule has 1 N–H and O–H groups in total. The van der Waals surface area contributed by atoms with Crippen LogP contribution in [-0.4, -0.2) is 36.4 Å². The standard InChI is InChI=1S/C17H23NO4S/c1-16(2)8-13-9-17(3,10-16)11-18(13)23(21,22)14-6-4-12(5-7-14)15(19)20/h4-7,13H,8-11H2,1-3H3,(H,19,20)/t13-,17-/m0/s1. The van der Waals surface area contributed by atoms with Crippen LogP contribution in [0.1, 0.15) is 50.4 Å². The number of aromatic carboxylic acids is 1. The quantitative estimate of drug-likeness (QED) is 0.920. The molecule has 6 heteroatoms. The van der Waals surface area contributed by atoms with E-state index in [0.29, 0.717) is 6.54 Å². The number of fused-ring (bicyclic) bond motifs is 2. The fraction of sp³-hybridized carbons (Fsp3) is 0.588. The Bertz CT molecular complexity index is 738. The second kappa shape index (κ2) is 5.05. The third kappa shape index (κ3) is 2.90. The first-order valence-electron chi connectivity index (χ1n) is 7.88. The van der Waals surface area contributed by atoms with Crippen molar-refractivity contribution >= 4 is 16.0 Å². The van der Waals surface area contributed by atoms with Crippen molar-refractivity contribution in [2.45, 2.75) is 51.0 Å². The maximum Gasteiger partial charge on any atom is 0.335 e. The van der Waals surface area contributed by atoms with Gasteiger partial charge in [0.1, 0.15) is 0 Å². The van der Waals surface area contributed by atoms with Gasteiger partial charge in [-0.05, 0) is 54.4 Å². The molecular formula is C17H23NO4S. The van der Waals surface area contributed by atoms with Crippen LogP contribution in [0.5, 0.6) is 0 Å². The van der Waals surface area contributed by atoms with Crippen molar-refractivity contribution in [3.05, 3.63) is 29.8 Å². The predicted octanol–water partition coefficient (Wildman–Crippen LogP) is 2.97. The number of benzene rings is 1. The van der Waals surface area contributed by atoms with Crippen LogP contribution >= 0.6 is 0 Å². The van der Waals surface area contributed by atoms with Crippen molar-refractivity contribution in [3.63, 3.8) is 0 Å². The summed E-state index contributed by atoms with van der Waals surface area (Å²) in [4.78, 5) is 11.1. The van der Waals surface area contributed by atoms with E-state index in [-0.39, 0.29) is 27.3 Å². The maximum atomic E-state index is 13.0. The Labute approximate surface area is 137 Å². The number of hydrogen-bond acceptors (Lipinski definition) is 3. The highest BCUT2D eigenvalue weighted by atomic mass is 32.2. The second-order valence-corrected chi connectivity index (χ2v) is 9.98. The lowest BCUT2D eigenvalue weighted by Crippen LogP contribution is -2.37. The highest BCUT2D eigenvalue weighted by molar-refractivity contribution is 7.89. The Kier molecular flexibility index (Phi) is 3.61. The number of carboxylic acids is 1. The number of sulfonamides is 1. The van der Waals surface area contributed by atoms with Crippen molar-refractivity contribution in [1.29, 1.82) is 0 Å². The summed E-state index contributed by atoms with van der Waals surface area (Å²) in [6, 6.07) is 5.53. The average Bonchev–Trinajstić information content (AvgIpc) is 2.68. The minimum Gasteiger partial charge on any atom is -0.478 e. The van der Waals surface area contributed by atoms with Gasteiger partial charge in [0, 0.05) is 12.6 Å². The molecule has 2 aliphatic rings. The third-order valence-corrected chi connectivity index (χ3v) is 6.99. The fourth-order valence-corrected chi connectivity index (χ4v) is 6.37. The van der Waals surface area contributed by atoms with E-state index >= 15 is 0 Å². The molecule has 1 saturated carbocycles. The average molecular weight is 337 g/mol. The highest BCUT2D eigenvalue weighted by Crippen LogP contribution is 2.53. The molecule has 1 saturated heterocycles. The minimum absolute atomic E-state index is 0.0283. The number of nitrogens with zero attached hydrogens (tertiary/aromatic N) is 1. The highest BCUT2D eigenvalue weighted by Gasteiger charge is 2.53. The topological polar surface area (TPSA) is 74.7 Å². The molecule has 3 rings (SSSR count). The zero-order chi connectivity index (χ0) is 17.0. The normalized spacial score (nSPS) is 30.3. The maximum absolute atomic E-state index is 13.0. The van der Waals surface area contributed by atoms with E-state index in [9.17, 15) is 13.2 Å². The molecule has 23 heavy (non-hydrogen) atoms. The van der Waals surface area contributed by atoms with Crippen LogP contribution in [0.3, 0.4) is 0 Å². The van der Waals surface area contributed by atoms with Gasteiger partial charge in [-0.2, -0.15) is 4.31 Å². The molecule has 0 amide bonds. The number of carboxylic acid groups (broad SMARTS) is 1. The fourth-order valence-electron chi connectivity index (χ4n) is 4.59. The monoisotopic (exact) mass is 337 g/mol. The smallest absolute Gasteiger partial charge is 0.335 e. The van der Waals surface area contributed by atoms with Crippen molar-refractivity contribution < 1.29 is 18.3 Å². The summed E-state index contributed by atoms with van der Waals surface area (Å²) in [6.07, 6.45) is 2.80. The van der Waals surface area contributed by atoms with Gasteiger partial charge in [0.15, 0.2) is 0 Å². The van der Waals surface area contributed by atoms with Gasteiger partial charge in [-0.3, -0.25) is 0 Å². The van der Waals surface area contributed by atoms with Crippen LogP contribution < -0.4 is 0 Å². The molecule has 1 aliphatic carbocycles. The SMILES string of the molecule is CC1(C)C[C@H]2C[C@](C)(CN2S(=O)(=O)c2ccc(C(=O)O)cc2)C1. The van der Waals surface area contributed by atoms with Crippen LogP contribution in [0, 0.1) is 10.8 Å². The van der Waals surface area contributed by atoms with Crippen LogP contribution in [0.25, 0.3) is 0 Å². The van der Waals surface area contributed by atoms with E-state index in [2.05, 4.69) is 20.8 Å². The molecule has 1 heterocycles. The first-order valence-corrected chi connectivity index (χ1v) is 9.32.